The zero-order chi connectivity index (χ0) is 8.97. The summed E-state index contributed by atoms with van der Waals surface area (Å²) in [5.74, 6) is 0. The van der Waals surface area contributed by atoms with Gasteiger partial charge in [0.2, 0.25) is 0 Å². The van der Waals surface area contributed by atoms with Crippen molar-refractivity contribution in [3.63, 3.8) is 0 Å². The number of nitrogens with zero attached hydrogens (tertiary/aromatic N) is 1. The third-order valence-corrected chi connectivity index (χ3v) is 1.63. The molecule has 1 saturated heterocycles. The summed E-state index contributed by atoms with van der Waals surface area (Å²) in [4.78, 5) is 12.6. The van der Waals surface area contributed by atoms with Gasteiger partial charge in [-0.2, -0.15) is 0 Å². The van der Waals surface area contributed by atoms with E-state index in [0.717, 1.165) is 5.70 Å². The topological polar surface area (TPSA) is 29.5 Å². The molecule has 12 heavy (non-hydrogen) atoms. The molecule has 0 saturated carbocycles. The number of allylic oxidation sites excluding steroid dienone is 1. The molecule has 0 aliphatic carbocycles. The van der Waals surface area contributed by atoms with Gasteiger partial charge in [-0.05, 0) is 0 Å². The molecule has 1 fully saturated rings. The van der Waals surface area contributed by atoms with E-state index in [4.69, 9.17) is 4.74 Å². The maximum Gasteiger partial charge on any atom is 0.414 e. The average molecular weight is 165 g/mol. The molecule has 3 heteroatoms. The van der Waals surface area contributed by atoms with Crippen LogP contribution in [-0.2, 0) is 4.74 Å². The van der Waals surface area contributed by atoms with Gasteiger partial charge in [-0.3, -0.25) is 4.90 Å². The van der Waals surface area contributed by atoms with E-state index in [1.807, 2.05) is 0 Å². The maximum absolute atomic E-state index is 11.0. The van der Waals surface area contributed by atoms with Crippen molar-refractivity contribution in [2.75, 3.05) is 13.2 Å². The van der Waals surface area contributed by atoms with Gasteiger partial charge in [-0.15, -0.1) is 12.3 Å². The smallest absolute Gasteiger partial charge is 0.414 e. The van der Waals surface area contributed by atoms with Crippen molar-refractivity contribution < 1.29 is 9.53 Å². The largest absolute Gasteiger partial charge is 0.447 e. The summed E-state index contributed by atoms with van der Waals surface area (Å²) in [6.45, 7) is 8.11. The van der Waals surface area contributed by atoms with E-state index in [1.54, 1.807) is 6.08 Å². The maximum atomic E-state index is 11.0. The van der Waals surface area contributed by atoms with Crippen molar-refractivity contribution >= 4 is 6.09 Å². The molecule has 1 amide bonds. The van der Waals surface area contributed by atoms with Crippen LogP contribution in [0.3, 0.4) is 0 Å². The van der Waals surface area contributed by atoms with E-state index in [2.05, 4.69) is 18.9 Å². The molecule has 1 rings (SSSR count). The molecule has 0 bridgehead atoms. The van der Waals surface area contributed by atoms with Crippen LogP contribution in [-0.4, -0.2) is 24.1 Å². The Kier molecular flexibility index (Phi) is 2.72. The molecule has 0 aromatic carbocycles. The van der Waals surface area contributed by atoms with Gasteiger partial charge in [-0.25, -0.2) is 4.79 Å². The number of carbonyl (C=O) groups excluding carboxylic acids is 1. The van der Waals surface area contributed by atoms with Crippen LogP contribution in [0.4, 0.5) is 4.79 Å². The van der Waals surface area contributed by atoms with Gasteiger partial charge in [0, 0.05) is 6.42 Å². The number of amides is 1. The van der Waals surface area contributed by atoms with Crippen molar-refractivity contribution in [3.8, 4) is 0 Å². The highest BCUT2D eigenvalue weighted by molar-refractivity contribution is 5.71. The van der Waals surface area contributed by atoms with Gasteiger partial charge in [0.25, 0.3) is 0 Å². The first-order valence-corrected chi connectivity index (χ1v) is 3.73. The highest BCUT2D eigenvalue weighted by Crippen LogP contribution is 2.13. The third-order valence-electron chi connectivity index (χ3n) is 1.63. The van der Waals surface area contributed by atoms with Crippen LogP contribution in [0.1, 0.15) is 6.42 Å². The van der Waals surface area contributed by atoms with E-state index in [1.165, 1.54) is 4.90 Å². The molecule has 0 N–H and O–H groups in total. The summed E-state index contributed by atoms with van der Waals surface area (Å²) >= 11 is 0. The molecule has 0 aromatic heterocycles. The summed E-state index contributed by atoms with van der Waals surface area (Å²) in [6, 6.07) is 0. The predicted octanol–water partition coefficient (Wildman–Crippen LogP) is 1.68. The third kappa shape index (κ3) is 1.57. The summed E-state index contributed by atoms with van der Waals surface area (Å²) < 4.78 is 4.76. The molecule has 0 radical (unpaired) electrons. The molecule has 1 aliphatic heterocycles. The van der Waals surface area contributed by atoms with Crippen molar-refractivity contribution in [2.24, 2.45) is 0 Å². The van der Waals surface area contributed by atoms with Crippen LogP contribution in [0, 0.1) is 0 Å². The SMILES string of the molecule is C=C=C(CC=C)N1CCOC1=O. The zero-order valence-electron chi connectivity index (χ0n) is 6.88. The fraction of sp³-hybridized carbons (Fsp3) is 0.333. The Bertz CT molecular complexity index is 251. The Morgan fingerprint density at radius 2 is 2.58 bits per heavy atom. The fourth-order valence-corrected chi connectivity index (χ4v) is 1.05. The Labute approximate surface area is 71.6 Å². The number of ether oxygens (including phenoxy) is 1. The van der Waals surface area contributed by atoms with Crippen LogP contribution in [0.15, 0.2) is 30.7 Å². The van der Waals surface area contributed by atoms with E-state index in [0.29, 0.717) is 19.6 Å². The van der Waals surface area contributed by atoms with E-state index < -0.39 is 0 Å². The van der Waals surface area contributed by atoms with Crippen molar-refractivity contribution in [3.05, 3.63) is 30.7 Å². The molecule has 0 unspecified atom stereocenters. The van der Waals surface area contributed by atoms with Crippen LogP contribution >= 0.6 is 0 Å². The summed E-state index contributed by atoms with van der Waals surface area (Å²) in [6.07, 6.45) is 1.99. The standard InChI is InChI=1S/C9H11NO2/c1-3-5-8(4-2)10-6-7-12-9(10)11/h3H,1-2,5-7H2. The van der Waals surface area contributed by atoms with Gasteiger partial charge < -0.3 is 4.74 Å². The molecule has 0 spiro atoms. The summed E-state index contributed by atoms with van der Waals surface area (Å²) in [5, 5.41) is 0. The Morgan fingerprint density at radius 3 is 3.00 bits per heavy atom. The van der Waals surface area contributed by atoms with E-state index in [9.17, 15) is 4.79 Å². The minimum Gasteiger partial charge on any atom is -0.447 e. The second-order valence-electron chi connectivity index (χ2n) is 2.38. The molecule has 3 nitrogen and oxygen atoms in total. The van der Waals surface area contributed by atoms with Crippen molar-refractivity contribution in [1.29, 1.82) is 0 Å². The van der Waals surface area contributed by atoms with Gasteiger partial charge >= 0.3 is 6.09 Å². The predicted molar refractivity (Wildman–Crippen MR) is 45.5 cm³/mol. The molecule has 0 aromatic rings. The zero-order valence-corrected chi connectivity index (χ0v) is 6.88. The quantitative estimate of drug-likeness (QED) is 0.470. The first kappa shape index (κ1) is 8.62. The molecule has 1 heterocycles. The van der Waals surface area contributed by atoms with Crippen LogP contribution in [0.25, 0.3) is 0 Å². The van der Waals surface area contributed by atoms with Gasteiger partial charge in [0.05, 0.1) is 12.2 Å². The molecule has 1 aliphatic rings. The molecule has 0 atom stereocenters. The van der Waals surface area contributed by atoms with Crippen LogP contribution in [0.2, 0.25) is 0 Å². The Hall–Kier alpha value is -1.47. The molecular formula is C9H11NO2. The average Bonchev–Trinajstić information content (AvgIpc) is 2.47. The van der Waals surface area contributed by atoms with Crippen molar-refractivity contribution in [1.82, 2.24) is 4.90 Å². The summed E-state index contributed by atoms with van der Waals surface area (Å²) in [5.41, 5.74) is 3.42. The van der Waals surface area contributed by atoms with E-state index >= 15 is 0 Å². The molecule has 64 valence electrons. The summed E-state index contributed by atoms with van der Waals surface area (Å²) in [7, 11) is 0. The highest BCUT2D eigenvalue weighted by atomic mass is 16.6. The van der Waals surface area contributed by atoms with Gasteiger partial charge in [-0.1, -0.05) is 12.7 Å². The number of hydrogen-bond donors (Lipinski definition) is 0. The van der Waals surface area contributed by atoms with Crippen molar-refractivity contribution in [2.45, 2.75) is 6.42 Å². The monoisotopic (exact) mass is 165 g/mol. The number of hydrogen-bond acceptors (Lipinski definition) is 2. The number of cyclic esters (lactones) is 1. The first-order valence-electron chi connectivity index (χ1n) is 3.73. The minimum atomic E-state index is -0.317. The Morgan fingerprint density at radius 1 is 1.83 bits per heavy atom. The lowest BCUT2D eigenvalue weighted by molar-refractivity contribution is 0.164. The lowest BCUT2D eigenvalue weighted by Gasteiger charge is -2.12. The van der Waals surface area contributed by atoms with E-state index in [-0.39, 0.29) is 6.09 Å². The van der Waals surface area contributed by atoms with Crippen LogP contribution < -0.4 is 0 Å². The number of carbonyl (C=O) groups is 1. The van der Waals surface area contributed by atoms with Gasteiger partial charge in [0.1, 0.15) is 6.61 Å². The first-order chi connectivity index (χ1) is 5.79. The lowest BCUT2D eigenvalue weighted by Crippen LogP contribution is -2.22. The highest BCUT2D eigenvalue weighted by Gasteiger charge is 2.24. The lowest BCUT2D eigenvalue weighted by atomic mass is 10.3. The van der Waals surface area contributed by atoms with Crippen LogP contribution in [0.5, 0.6) is 0 Å². The Balaban J connectivity index is 2.72. The van der Waals surface area contributed by atoms with Gasteiger partial charge in [0.15, 0.2) is 0 Å². The normalized spacial score (nSPS) is 15.3. The molecular weight excluding hydrogens is 154 g/mol. The second-order valence-corrected chi connectivity index (χ2v) is 2.38. The minimum absolute atomic E-state index is 0.317. The second kappa shape index (κ2) is 3.79. The fourth-order valence-electron chi connectivity index (χ4n) is 1.05. The number of rotatable bonds is 3.